The van der Waals surface area contributed by atoms with Crippen LogP contribution in [0.5, 0.6) is 69.0 Å². The Morgan fingerprint density at radius 2 is 0.356 bits per heavy atom. The molecule has 6 aromatic carbocycles. The Morgan fingerprint density at radius 3 is 0.529 bits per heavy atom. The number of ether oxygens (including phenoxy) is 12. The fraction of sp³-hybridized carbons (Fsp3) is 0.458. The van der Waals surface area contributed by atoms with Gasteiger partial charge < -0.3 is 56.8 Å². The fourth-order valence-corrected chi connectivity index (χ4v) is 11.2. The van der Waals surface area contributed by atoms with Crippen molar-refractivity contribution in [1.82, 2.24) is 0 Å². The molecule has 3 heterocycles. The highest BCUT2D eigenvalue weighted by Gasteiger charge is 2.24. The van der Waals surface area contributed by atoms with Gasteiger partial charge in [0.2, 0.25) is 0 Å². The highest BCUT2D eigenvalue weighted by molar-refractivity contribution is 5.77. The minimum atomic E-state index is 0.490. The van der Waals surface area contributed by atoms with E-state index in [-0.39, 0.29) is 0 Å². The zero-order chi connectivity index (χ0) is 59.7. The van der Waals surface area contributed by atoms with Crippen LogP contribution in [0, 0.1) is 0 Å². The molecule has 0 saturated heterocycles. The van der Waals surface area contributed by atoms with E-state index in [2.05, 4.69) is 36.4 Å². The third kappa shape index (κ3) is 18.2. The van der Waals surface area contributed by atoms with Gasteiger partial charge in [-0.1, -0.05) is 0 Å². The molecule has 87 heavy (non-hydrogen) atoms. The lowest BCUT2D eigenvalue weighted by molar-refractivity contribution is 0.111. The molecule has 0 amide bonds. The predicted molar refractivity (Wildman–Crippen MR) is 332 cm³/mol. The van der Waals surface area contributed by atoms with Gasteiger partial charge in [-0.25, -0.2) is 0 Å². The van der Waals surface area contributed by atoms with Crippen molar-refractivity contribution in [2.45, 2.75) is 135 Å². The Labute approximate surface area is 512 Å². The van der Waals surface area contributed by atoms with Crippen LogP contribution in [0.25, 0.3) is 0 Å². The second-order valence-electron chi connectivity index (χ2n) is 22.8. The lowest BCUT2D eigenvalue weighted by atomic mass is 9.94. The summed E-state index contributed by atoms with van der Waals surface area (Å²) in [6.45, 7) is 6.02. The lowest BCUT2D eigenvalue weighted by Crippen LogP contribution is -2.08. The summed E-state index contributed by atoms with van der Waals surface area (Å²) in [6, 6.07) is 29.2. The average Bonchev–Trinajstić information content (AvgIpc) is 3.68. The summed E-state index contributed by atoms with van der Waals surface area (Å²) in [6.07, 6.45) is 19.4. The SMILES string of the molecule is O=Cc1ccc2c(c1)OCCCCCOc1cc3c(cc1OCCCCCO2)Cc1cc2c(cc1Cc1cc4c(cc1C3)OCCCCCOc1ccc(C=O)cc1OCCCCCO4)OCCCCCOc1ccc(C=O)cc1OCCCCCO2. The summed E-state index contributed by atoms with van der Waals surface area (Å²) >= 11 is 0. The molecular formula is C72H84O15. The first-order valence-electron chi connectivity index (χ1n) is 31.8. The van der Waals surface area contributed by atoms with E-state index >= 15 is 0 Å². The minimum absolute atomic E-state index is 0.490. The fourth-order valence-electron chi connectivity index (χ4n) is 11.2. The number of benzene rings is 6. The van der Waals surface area contributed by atoms with Crippen molar-refractivity contribution < 1.29 is 71.2 Å². The van der Waals surface area contributed by atoms with Crippen LogP contribution in [0.1, 0.15) is 180 Å². The quantitative estimate of drug-likeness (QED) is 0.154. The first-order chi connectivity index (χ1) is 43.0. The van der Waals surface area contributed by atoms with E-state index in [1.165, 1.54) is 0 Å². The van der Waals surface area contributed by atoms with E-state index in [0.29, 0.717) is 150 Å². The van der Waals surface area contributed by atoms with E-state index in [1.54, 1.807) is 36.4 Å². The topological polar surface area (TPSA) is 162 Å². The van der Waals surface area contributed by atoms with Gasteiger partial charge in [0.15, 0.2) is 69.0 Å². The molecule has 1 aliphatic carbocycles. The van der Waals surface area contributed by atoms with E-state index in [0.717, 1.165) is 202 Å². The summed E-state index contributed by atoms with van der Waals surface area (Å²) in [5.74, 6) is 8.04. The molecule has 0 bridgehead atoms. The van der Waals surface area contributed by atoms with Crippen LogP contribution < -0.4 is 56.8 Å². The summed E-state index contributed by atoms with van der Waals surface area (Å²) in [5, 5.41) is 0. The molecule has 0 aromatic heterocycles. The van der Waals surface area contributed by atoms with Crippen molar-refractivity contribution in [3.63, 3.8) is 0 Å². The van der Waals surface area contributed by atoms with Gasteiger partial charge in [-0.15, -0.1) is 0 Å². The third-order valence-electron chi connectivity index (χ3n) is 16.1. The Bertz CT molecular complexity index is 2870. The van der Waals surface area contributed by atoms with Crippen LogP contribution >= 0.6 is 0 Å². The Morgan fingerprint density at radius 1 is 0.195 bits per heavy atom. The summed E-state index contributed by atoms with van der Waals surface area (Å²) in [4.78, 5) is 34.8. The molecule has 0 unspecified atom stereocenters. The molecule has 6 aromatic rings. The maximum Gasteiger partial charge on any atom is 0.161 e. The number of aldehydes is 3. The van der Waals surface area contributed by atoms with Gasteiger partial charge in [0.05, 0.1) is 79.3 Å². The van der Waals surface area contributed by atoms with Crippen molar-refractivity contribution in [3.8, 4) is 69.0 Å². The van der Waals surface area contributed by atoms with Gasteiger partial charge in [-0.2, -0.15) is 0 Å². The molecule has 0 N–H and O–H groups in total. The summed E-state index contributed by atoms with van der Waals surface area (Å²) in [7, 11) is 0. The number of carbonyl (C=O) groups excluding carboxylic acids is 3. The van der Waals surface area contributed by atoms with Crippen molar-refractivity contribution in [3.05, 3.63) is 141 Å². The summed E-state index contributed by atoms with van der Waals surface area (Å²) in [5.41, 5.74) is 8.45. The standard InChI is InChI=1S/C72H84O15/c73-49-52-19-22-61-64(37-52)79-28-10-4-16-34-85-70-46-58-41-56-44-68-72(87-36-18-6-12-30-81-66-39-54(51-75)21-24-63(66)77-26-8-2-14-32-83-68)48-60(56)42-57-45-69-71(47-59(57)40-55(58)43-67(70)82-31-13-1-7-25-76-61)86-35-17-5-11-29-80-65-38-53(50-74)20-23-62(65)78-27-9-3-15-33-84-69/h19-24,37-39,43-51H,1-18,25-36,40-42H2. The number of rotatable bonds is 3. The first-order valence-corrected chi connectivity index (χ1v) is 31.8. The van der Waals surface area contributed by atoms with Crippen LogP contribution in [-0.2, 0) is 19.3 Å². The van der Waals surface area contributed by atoms with E-state index in [1.807, 2.05) is 18.2 Å². The van der Waals surface area contributed by atoms with Gasteiger partial charge in [0, 0.05) is 16.7 Å². The predicted octanol–water partition coefficient (Wildman–Crippen LogP) is 14.9. The third-order valence-corrected chi connectivity index (χ3v) is 16.1. The van der Waals surface area contributed by atoms with Gasteiger partial charge in [0.25, 0.3) is 0 Å². The number of fused-ring (bicyclic) bond motifs is 9. The number of hydrogen-bond donors (Lipinski definition) is 0. The molecule has 0 fully saturated rings. The molecular weight excluding hydrogens is 1100 g/mol. The molecule has 4 aliphatic rings. The average molecular weight is 1190 g/mol. The second-order valence-corrected chi connectivity index (χ2v) is 22.8. The minimum Gasteiger partial charge on any atom is -0.490 e. The molecule has 15 heteroatoms. The monoisotopic (exact) mass is 1190 g/mol. The van der Waals surface area contributed by atoms with E-state index < -0.39 is 0 Å². The van der Waals surface area contributed by atoms with Crippen molar-refractivity contribution >= 4 is 18.9 Å². The Kier molecular flexibility index (Phi) is 23.6. The van der Waals surface area contributed by atoms with Crippen molar-refractivity contribution in [1.29, 1.82) is 0 Å². The normalized spacial score (nSPS) is 17.4. The first kappa shape index (κ1) is 62.0. The van der Waals surface area contributed by atoms with Crippen LogP contribution in [0.15, 0.2) is 91.0 Å². The van der Waals surface area contributed by atoms with Crippen LogP contribution in [0.2, 0.25) is 0 Å². The maximum absolute atomic E-state index is 11.6. The van der Waals surface area contributed by atoms with E-state index in [9.17, 15) is 14.4 Å². The van der Waals surface area contributed by atoms with E-state index in [4.69, 9.17) is 56.8 Å². The zero-order valence-corrected chi connectivity index (χ0v) is 50.4. The summed E-state index contributed by atoms with van der Waals surface area (Å²) < 4.78 is 77.6. The molecule has 0 radical (unpaired) electrons. The van der Waals surface area contributed by atoms with Gasteiger partial charge in [0.1, 0.15) is 18.9 Å². The molecule has 15 nitrogen and oxygen atoms in total. The number of hydrogen-bond acceptors (Lipinski definition) is 15. The Balaban J connectivity index is 0.941. The van der Waals surface area contributed by atoms with Crippen LogP contribution in [0.4, 0.5) is 0 Å². The maximum atomic E-state index is 11.6. The van der Waals surface area contributed by atoms with Crippen molar-refractivity contribution in [2.24, 2.45) is 0 Å². The second kappa shape index (κ2) is 33.2. The molecule has 462 valence electrons. The smallest absolute Gasteiger partial charge is 0.161 e. The molecule has 0 spiro atoms. The number of carbonyl (C=O) groups is 3. The molecule has 10 rings (SSSR count). The highest BCUT2D eigenvalue weighted by atomic mass is 16.5. The van der Waals surface area contributed by atoms with Gasteiger partial charge in [-0.3, -0.25) is 14.4 Å². The highest BCUT2D eigenvalue weighted by Crippen LogP contribution is 2.42. The van der Waals surface area contributed by atoms with Gasteiger partial charge >= 0.3 is 0 Å². The zero-order valence-electron chi connectivity index (χ0n) is 50.4. The van der Waals surface area contributed by atoms with Crippen molar-refractivity contribution in [2.75, 3.05) is 79.3 Å². The van der Waals surface area contributed by atoms with Gasteiger partial charge in [-0.05, 0) is 259 Å². The molecule has 3 aliphatic heterocycles. The van der Waals surface area contributed by atoms with Crippen LogP contribution in [0.3, 0.4) is 0 Å². The largest absolute Gasteiger partial charge is 0.490 e. The molecule has 0 saturated carbocycles. The molecule has 0 atom stereocenters. The lowest BCUT2D eigenvalue weighted by Gasteiger charge is -2.20. The van der Waals surface area contributed by atoms with Crippen LogP contribution in [-0.4, -0.2) is 98.1 Å². The Hall–Kier alpha value is -8.07.